The zero-order valence-electron chi connectivity index (χ0n) is 9.93. The lowest BCUT2D eigenvalue weighted by Gasteiger charge is -2.09. The highest BCUT2D eigenvalue weighted by molar-refractivity contribution is 9.10. The molecule has 3 rings (SSSR count). The van der Waals surface area contributed by atoms with Crippen molar-refractivity contribution in [3.8, 4) is 11.4 Å². The Morgan fingerprint density at radius 3 is 2.89 bits per heavy atom. The summed E-state index contributed by atoms with van der Waals surface area (Å²) in [4.78, 5) is 0. The molecule has 94 valence electrons. The van der Waals surface area contributed by atoms with Gasteiger partial charge in [0.25, 0.3) is 0 Å². The Hall–Kier alpha value is -1.56. The number of aromatic nitrogens is 3. The molecule has 5 nitrogen and oxygen atoms in total. The molecule has 0 unspecified atom stereocenters. The lowest BCUT2D eigenvalue weighted by atomic mass is 10.2. The van der Waals surface area contributed by atoms with Crippen LogP contribution in [0.5, 0.6) is 5.75 Å². The lowest BCUT2D eigenvalue weighted by Crippen LogP contribution is -2.03. The summed E-state index contributed by atoms with van der Waals surface area (Å²) in [5.74, 6) is 1.79. The monoisotopic (exact) mass is 308 g/mol. The first kappa shape index (κ1) is 11.5. The Kier molecular flexibility index (Phi) is 2.74. The molecule has 1 aromatic heterocycles. The summed E-state index contributed by atoms with van der Waals surface area (Å²) in [7, 11) is 1.64. The quantitative estimate of drug-likeness (QED) is 0.946. The van der Waals surface area contributed by atoms with Crippen molar-refractivity contribution in [1.29, 1.82) is 0 Å². The number of halogens is 1. The Balaban J connectivity index is 2.09. The van der Waals surface area contributed by atoms with Crippen LogP contribution >= 0.6 is 15.9 Å². The van der Waals surface area contributed by atoms with E-state index in [0.29, 0.717) is 11.7 Å². The van der Waals surface area contributed by atoms with Gasteiger partial charge in [-0.1, -0.05) is 5.21 Å². The molecule has 6 heteroatoms. The largest absolute Gasteiger partial charge is 0.495 e. The van der Waals surface area contributed by atoms with Crippen LogP contribution in [0.1, 0.15) is 24.5 Å². The predicted molar refractivity (Wildman–Crippen MR) is 72.0 cm³/mol. The fourth-order valence-electron chi connectivity index (χ4n) is 2.01. The van der Waals surface area contributed by atoms with Gasteiger partial charge in [-0.25, -0.2) is 4.68 Å². The predicted octanol–water partition coefficient (Wildman–Crippen LogP) is 2.50. The van der Waals surface area contributed by atoms with E-state index in [9.17, 15) is 0 Å². The van der Waals surface area contributed by atoms with Crippen LogP contribution < -0.4 is 10.5 Å². The van der Waals surface area contributed by atoms with Crippen LogP contribution in [0.3, 0.4) is 0 Å². The van der Waals surface area contributed by atoms with Crippen molar-refractivity contribution in [3.63, 3.8) is 0 Å². The molecule has 1 aromatic carbocycles. The molecule has 1 heterocycles. The number of anilines is 1. The first-order valence-corrected chi connectivity index (χ1v) is 6.55. The highest BCUT2D eigenvalue weighted by Crippen LogP contribution is 2.43. The minimum Gasteiger partial charge on any atom is -0.495 e. The standard InChI is InChI=1S/C12H13BrN4O/c1-18-10-6-8(4-5-9(10)13)17-11(7-2-3-7)12(14)15-16-17/h4-7H,2-3,14H2,1H3. The van der Waals surface area contributed by atoms with E-state index in [2.05, 4.69) is 26.2 Å². The van der Waals surface area contributed by atoms with Gasteiger partial charge in [0.1, 0.15) is 5.75 Å². The lowest BCUT2D eigenvalue weighted by molar-refractivity contribution is 0.411. The second-order valence-electron chi connectivity index (χ2n) is 4.36. The van der Waals surface area contributed by atoms with Gasteiger partial charge in [-0.05, 0) is 40.9 Å². The van der Waals surface area contributed by atoms with Gasteiger partial charge in [0.15, 0.2) is 5.82 Å². The van der Waals surface area contributed by atoms with Crippen LogP contribution in [0, 0.1) is 0 Å². The maximum absolute atomic E-state index is 5.89. The summed E-state index contributed by atoms with van der Waals surface area (Å²) < 4.78 is 8.01. The summed E-state index contributed by atoms with van der Waals surface area (Å²) >= 11 is 3.43. The average molecular weight is 309 g/mol. The number of nitrogen functional groups attached to an aromatic ring is 1. The zero-order chi connectivity index (χ0) is 12.7. The van der Waals surface area contributed by atoms with Crippen LogP contribution in [-0.2, 0) is 0 Å². The van der Waals surface area contributed by atoms with Crippen LogP contribution in [0.15, 0.2) is 22.7 Å². The maximum Gasteiger partial charge on any atom is 0.169 e. The molecule has 2 aromatic rings. The average Bonchev–Trinajstić information content (AvgIpc) is 3.13. The van der Waals surface area contributed by atoms with Crippen LogP contribution in [0.2, 0.25) is 0 Å². The van der Waals surface area contributed by atoms with Crippen LogP contribution in [-0.4, -0.2) is 22.1 Å². The molecular weight excluding hydrogens is 296 g/mol. The van der Waals surface area contributed by atoms with E-state index in [4.69, 9.17) is 10.5 Å². The van der Waals surface area contributed by atoms with E-state index in [-0.39, 0.29) is 0 Å². The number of nitrogens with two attached hydrogens (primary N) is 1. The summed E-state index contributed by atoms with van der Waals surface area (Å²) in [6, 6.07) is 5.82. The minimum absolute atomic E-state index is 0.495. The SMILES string of the molecule is COc1cc(-n2nnc(N)c2C2CC2)ccc1Br. The second kappa shape index (κ2) is 4.28. The van der Waals surface area contributed by atoms with Gasteiger partial charge in [0.05, 0.1) is 23.0 Å². The van der Waals surface area contributed by atoms with Crippen LogP contribution in [0.4, 0.5) is 5.82 Å². The Labute approximate surface area is 113 Å². The van der Waals surface area contributed by atoms with Gasteiger partial charge >= 0.3 is 0 Å². The molecule has 0 spiro atoms. The van der Waals surface area contributed by atoms with Gasteiger partial charge in [-0.15, -0.1) is 5.10 Å². The molecule has 0 saturated heterocycles. The third kappa shape index (κ3) is 1.86. The number of ether oxygens (including phenoxy) is 1. The number of hydrogen-bond donors (Lipinski definition) is 1. The first-order chi connectivity index (χ1) is 8.70. The van der Waals surface area contributed by atoms with Gasteiger partial charge < -0.3 is 10.5 Å². The van der Waals surface area contributed by atoms with E-state index < -0.39 is 0 Å². The molecule has 0 aliphatic heterocycles. The maximum atomic E-state index is 5.89. The molecule has 1 fully saturated rings. The highest BCUT2D eigenvalue weighted by atomic mass is 79.9. The van der Waals surface area contributed by atoms with Crippen molar-refractivity contribution in [2.24, 2.45) is 0 Å². The normalized spacial score (nSPS) is 14.8. The van der Waals surface area contributed by atoms with Crippen molar-refractivity contribution in [1.82, 2.24) is 15.0 Å². The van der Waals surface area contributed by atoms with E-state index in [1.807, 2.05) is 22.9 Å². The molecule has 0 atom stereocenters. The number of benzene rings is 1. The zero-order valence-corrected chi connectivity index (χ0v) is 11.5. The van der Waals surface area contributed by atoms with Crippen molar-refractivity contribution >= 4 is 21.7 Å². The first-order valence-electron chi connectivity index (χ1n) is 5.75. The highest BCUT2D eigenvalue weighted by Gasteiger charge is 2.31. The van der Waals surface area contributed by atoms with Crippen molar-refractivity contribution < 1.29 is 4.74 Å². The molecule has 0 bridgehead atoms. The molecule has 1 aliphatic carbocycles. The Morgan fingerprint density at radius 2 is 2.22 bits per heavy atom. The van der Waals surface area contributed by atoms with Gasteiger partial charge in [0.2, 0.25) is 0 Å². The third-order valence-corrected chi connectivity index (χ3v) is 3.73. The van der Waals surface area contributed by atoms with Crippen molar-refractivity contribution in [3.05, 3.63) is 28.4 Å². The fourth-order valence-corrected chi connectivity index (χ4v) is 2.42. The summed E-state index contributed by atoms with van der Waals surface area (Å²) in [6.07, 6.45) is 2.32. The third-order valence-electron chi connectivity index (χ3n) is 3.08. The van der Waals surface area contributed by atoms with Gasteiger partial charge in [-0.3, -0.25) is 0 Å². The smallest absolute Gasteiger partial charge is 0.169 e. The number of nitrogens with zero attached hydrogens (tertiary/aromatic N) is 3. The summed E-state index contributed by atoms with van der Waals surface area (Å²) in [6.45, 7) is 0. The Bertz CT molecular complexity index is 592. The minimum atomic E-state index is 0.495. The van der Waals surface area contributed by atoms with Crippen molar-refractivity contribution in [2.75, 3.05) is 12.8 Å². The van der Waals surface area contributed by atoms with Crippen molar-refractivity contribution in [2.45, 2.75) is 18.8 Å². The van der Waals surface area contributed by atoms with Gasteiger partial charge in [-0.2, -0.15) is 0 Å². The van der Waals surface area contributed by atoms with E-state index in [1.165, 1.54) is 0 Å². The molecule has 18 heavy (non-hydrogen) atoms. The fraction of sp³-hybridized carbons (Fsp3) is 0.333. The number of hydrogen-bond acceptors (Lipinski definition) is 4. The van der Waals surface area contributed by atoms with E-state index >= 15 is 0 Å². The topological polar surface area (TPSA) is 66.0 Å². The summed E-state index contributed by atoms with van der Waals surface area (Å²) in [5, 5.41) is 8.09. The van der Waals surface area contributed by atoms with E-state index in [1.54, 1.807) is 7.11 Å². The molecule has 1 saturated carbocycles. The molecule has 0 amide bonds. The number of methoxy groups -OCH3 is 1. The van der Waals surface area contributed by atoms with Gasteiger partial charge in [0, 0.05) is 12.0 Å². The number of rotatable bonds is 3. The Morgan fingerprint density at radius 1 is 1.44 bits per heavy atom. The molecule has 0 radical (unpaired) electrons. The molecular formula is C12H13BrN4O. The summed E-state index contributed by atoms with van der Waals surface area (Å²) in [5.41, 5.74) is 7.82. The van der Waals surface area contributed by atoms with E-state index in [0.717, 1.165) is 34.4 Å². The molecule has 2 N–H and O–H groups in total. The second-order valence-corrected chi connectivity index (χ2v) is 5.22. The van der Waals surface area contributed by atoms with Crippen LogP contribution in [0.25, 0.3) is 5.69 Å². The molecule has 1 aliphatic rings.